The Morgan fingerprint density at radius 1 is 1.38 bits per heavy atom. The van der Waals surface area contributed by atoms with Crippen LogP contribution in [0, 0.1) is 0 Å². The van der Waals surface area contributed by atoms with Crippen LogP contribution in [-0.4, -0.2) is 17.3 Å². The van der Waals surface area contributed by atoms with Crippen LogP contribution >= 0.6 is 11.6 Å². The summed E-state index contributed by atoms with van der Waals surface area (Å²) in [5, 5.41) is 10.8. The van der Waals surface area contributed by atoms with E-state index >= 15 is 0 Å². The zero-order valence-corrected chi connectivity index (χ0v) is 10.1. The highest BCUT2D eigenvalue weighted by molar-refractivity contribution is 6.30. The van der Waals surface area contributed by atoms with Crippen molar-refractivity contribution in [3.8, 4) is 0 Å². The van der Waals surface area contributed by atoms with Crippen molar-refractivity contribution in [1.82, 2.24) is 0 Å². The minimum absolute atomic E-state index is 0.370. The Balaban J connectivity index is 2.04. The molecule has 0 aliphatic heterocycles. The molecule has 0 atom stereocenters. The Hall–Kier alpha value is -0.570. The summed E-state index contributed by atoms with van der Waals surface area (Å²) in [6, 6.07) is 8.02. The fourth-order valence-electron chi connectivity index (χ4n) is 2.45. The predicted molar refractivity (Wildman–Crippen MR) is 66.7 cm³/mol. The molecule has 0 heterocycles. The van der Waals surface area contributed by atoms with Crippen molar-refractivity contribution in [3.05, 3.63) is 34.9 Å². The number of hydrogen-bond acceptors (Lipinski definition) is 2. The maximum Gasteiger partial charge on any atom is 0.0769 e. The maximum atomic E-state index is 10.0. The second kappa shape index (κ2) is 4.74. The normalized spacial score (nSPS) is 30.3. The summed E-state index contributed by atoms with van der Waals surface area (Å²) in [5.74, 6) is 0.519. The van der Waals surface area contributed by atoms with E-state index in [9.17, 15) is 5.11 Å². The third-order valence-corrected chi connectivity index (χ3v) is 3.85. The molecule has 0 spiro atoms. The standard InChI is InChI=1S/C13H18ClNO/c14-12-3-1-2-11(8-12)10-4-6-13(16,9-15)7-5-10/h1-3,8,10,16H,4-7,9,15H2. The molecule has 0 bridgehead atoms. The first-order chi connectivity index (χ1) is 7.63. The van der Waals surface area contributed by atoms with Gasteiger partial charge in [-0.05, 0) is 49.3 Å². The van der Waals surface area contributed by atoms with Gasteiger partial charge in [0.1, 0.15) is 0 Å². The Bertz CT molecular complexity index is 359. The first kappa shape index (κ1) is 11.9. The molecule has 16 heavy (non-hydrogen) atoms. The predicted octanol–water partition coefficient (Wildman–Crippen LogP) is 2.69. The Morgan fingerprint density at radius 2 is 2.06 bits per heavy atom. The quantitative estimate of drug-likeness (QED) is 0.834. The largest absolute Gasteiger partial charge is 0.389 e. The lowest BCUT2D eigenvalue weighted by atomic mass is 9.76. The molecule has 2 nitrogen and oxygen atoms in total. The number of halogens is 1. The molecule has 0 radical (unpaired) electrons. The van der Waals surface area contributed by atoms with E-state index in [2.05, 4.69) is 6.07 Å². The summed E-state index contributed by atoms with van der Waals surface area (Å²) in [7, 11) is 0. The average Bonchev–Trinajstić information content (AvgIpc) is 2.30. The van der Waals surface area contributed by atoms with Crippen LogP contribution < -0.4 is 5.73 Å². The average molecular weight is 240 g/mol. The fraction of sp³-hybridized carbons (Fsp3) is 0.538. The molecule has 3 heteroatoms. The molecule has 1 fully saturated rings. The second-order valence-corrected chi connectivity index (χ2v) is 5.19. The van der Waals surface area contributed by atoms with Gasteiger partial charge in [-0.25, -0.2) is 0 Å². The molecular formula is C13H18ClNO. The van der Waals surface area contributed by atoms with Crippen LogP contribution in [0.15, 0.2) is 24.3 Å². The topological polar surface area (TPSA) is 46.2 Å². The van der Waals surface area contributed by atoms with Crippen LogP contribution in [0.1, 0.15) is 37.2 Å². The van der Waals surface area contributed by atoms with E-state index in [1.165, 1.54) is 5.56 Å². The molecule has 3 N–H and O–H groups in total. The maximum absolute atomic E-state index is 10.0. The summed E-state index contributed by atoms with van der Waals surface area (Å²) in [6.45, 7) is 0.370. The van der Waals surface area contributed by atoms with Crippen LogP contribution in [0.5, 0.6) is 0 Å². The molecule has 1 aliphatic rings. The monoisotopic (exact) mass is 239 g/mol. The summed E-state index contributed by atoms with van der Waals surface area (Å²) >= 11 is 5.98. The Kier molecular flexibility index (Phi) is 3.53. The van der Waals surface area contributed by atoms with Crippen LogP contribution in [-0.2, 0) is 0 Å². The molecule has 1 saturated carbocycles. The first-order valence-corrected chi connectivity index (χ1v) is 6.19. The second-order valence-electron chi connectivity index (χ2n) is 4.76. The lowest BCUT2D eigenvalue weighted by Gasteiger charge is -2.35. The van der Waals surface area contributed by atoms with Crippen LogP contribution in [0.4, 0.5) is 0 Å². The fourth-order valence-corrected chi connectivity index (χ4v) is 2.65. The number of benzene rings is 1. The lowest BCUT2D eigenvalue weighted by Crippen LogP contribution is -2.40. The highest BCUT2D eigenvalue weighted by Gasteiger charge is 2.32. The van der Waals surface area contributed by atoms with Crippen molar-refractivity contribution in [2.45, 2.75) is 37.2 Å². The van der Waals surface area contributed by atoms with Crippen molar-refractivity contribution in [1.29, 1.82) is 0 Å². The Labute approximate surface area is 101 Å². The van der Waals surface area contributed by atoms with E-state index in [0.717, 1.165) is 30.7 Å². The first-order valence-electron chi connectivity index (χ1n) is 5.81. The van der Waals surface area contributed by atoms with Crippen molar-refractivity contribution >= 4 is 11.6 Å². The molecule has 88 valence electrons. The summed E-state index contributed by atoms with van der Waals surface area (Å²) in [6.07, 6.45) is 3.57. The van der Waals surface area contributed by atoms with Gasteiger partial charge in [0.25, 0.3) is 0 Å². The van der Waals surface area contributed by atoms with Gasteiger partial charge in [-0.3, -0.25) is 0 Å². The van der Waals surface area contributed by atoms with Crippen molar-refractivity contribution in [2.24, 2.45) is 5.73 Å². The number of nitrogens with two attached hydrogens (primary N) is 1. The van der Waals surface area contributed by atoms with Gasteiger partial charge in [0.05, 0.1) is 5.60 Å². The molecule has 1 aromatic rings. The van der Waals surface area contributed by atoms with E-state index in [0.29, 0.717) is 12.5 Å². The molecule has 0 saturated heterocycles. The van der Waals surface area contributed by atoms with Gasteiger partial charge in [0, 0.05) is 11.6 Å². The van der Waals surface area contributed by atoms with E-state index in [4.69, 9.17) is 17.3 Å². The summed E-state index contributed by atoms with van der Waals surface area (Å²) in [4.78, 5) is 0. The molecule has 0 aromatic heterocycles. The van der Waals surface area contributed by atoms with Crippen LogP contribution in [0.25, 0.3) is 0 Å². The van der Waals surface area contributed by atoms with Gasteiger partial charge >= 0.3 is 0 Å². The van der Waals surface area contributed by atoms with Gasteiger partial charge in [-0.1, -0.05) is 23.7 Å². The smallest absolute Gasteiger partial charge is 0.0769 e. The van der Waals surface area contributed by atoms with Crippen LogP contribution in [0.3, 0.4) is 0 Å². The number of hydrogen-bond donors (Lipinski definition) is 2. The lowest BCUT2D eigenvalue weighted by molar-refractivity contribution is 0.00767. The molecular weight excluding hydrogens is 222 g/mol. The van der Waals surface area contributed by atoms with Gasteiger partial charge in [-0.15, -0.1) is 0 Å². The van der Waals surface area contributed by atoms with Crippen molar-refractivity contribution in [2.75, 3.05) is 6.54 Å². The van der Waals surface area contributed by atoms with Gasteiger partial charge in [0.2, 0.25) is 0 Å². The highest BCUT2D eigenvalue weighted by Crippen LogP contribution is 2.37. The minimum atomic E-state index is -0.630. The van der Waals surface area contributed by atoms with Crippen molar-refractivity contribution in [3.63, 3.8) is 0 Å². The van der Waals surface area contributed by atoms with E-state index in [-0.39, 0.29) is 0 Å². The molecule has 1 aliphatic carbocycles. The number of rotatable bonds is 2. The Morgan fingerprint density at radius 3 is 2.62 bits per heavy atom. The van der Waals surface area contributed by atoms with Crippen molar-refractivity contribution < 1.29 is 5.11 Å². The summed E-state index contributed by atoms with van der Waals surface area (Å²) in [5.41, 5.74) is 6.23. The minimum Gasteiger partial charge on any atom is -0.389 e. The van der Waals surface area contributed by atoms with Gasteiger partial charge in [0.15, 0.2) is 0 Å². The molecule has 0 unspecified atom stereocenters. The van der Waals surface area contributed by atoms with Crippen LogP contribution in [0.2, 0.25) is 5.02 Å². The highest BCUT2D eigenvalue weighted by atomic mass is 35.5. The zero-order chi connectivity index (χ0) is 11.6. The van der Waals surface area contributed by atoms with E-state index in [1.54, 1.807) is 0 Å². The molecule has 1 aromatic carbocycles. The third kappa shape index (κ3) is 2.57. The number of aliphatic hydroxyl groups is 1. The third-order valence-electron chi connectivity index (χ3n) is 3.62. The van der Waals surface area contributed by atoms with Gasteiger partial charge in [-0.2, -0.15) is 0 Å². The van der Waals surface area contributed by atoms with E-state index < -0.39 is 5.60 Å². The molecule has 0 amide bonds. The molecule has 2 rings (SSSR count). The zero-order valence-electron chi connectivity index (χ0n) is 9.32. The SMILES string of the molecule is NCC1(O)CCC(c2cccc(Cl)c2)CC1. The van der Waals surface area contributed by atoms with E-state index in [1.807, 2.05) is 18.2 Å². The van der Waals surface area contributed by atoms with Gasteiger partial charge < -0.3 is 10.8 Å². The summed E-state index contributed by atoms with van der Waals surface area (Å²) < 4.78 is 0.